The average Bonchev–Trinajstić information content (AvgIpc) is 2.55. The molecule has 2 aromatic rings. The molecule has 0 unspecified atom stereocenters. The predicted octanol–water partition coefficient (Wildman–Crippen LogP) is 6.10. The van der Waals surface area contributed by atoms with Crippen molar-refractivity contribution in [3.8, 4) is 0 Å². The highest BCUT2D eigenvalue weighted by molar-refractivity contribution is 7.80. The summed E-state index contributed by atoms with van der Waals surface area (Å²) in [6, 6.07) is 14.1. The van der Waals surface area contributed by atoms with Crippen molar-refractivity contribution < 1.29 is 9.53 Å². The lowest BCUT2D eigenvalue weighted by Crippen LogP contribution is -2.27. The summed E-state index contributed by atoms with van der Waals surface area (Å²) < 4.78 is 6.18. The van der Waals surface area contributed by atoms with Gasteiger partial charge < -0.3 is 4.74 Å². The number of benzene rings is 2. The van der Waals surface area contributed by atoms with E-state index in [1.807, 2.05) is 50.2 Å². The highest BCUT2D eigenvalue weighted by Gasteiger charge is 2.35. The molecule has 1 aliphatic rings. The molecular formula is C24H26O2S. The second-order valence-electron chi connectivity index (χ2n) is 8.32. The van der Waals surface area contributed by atoms with Crippen LogP contribution in [0.5, 0.6) is 0 Å². The summed E-state index contributed by atoms with van der Waals surface area (Å²) in [4.78, 5) is 13.0. The fourth-order valence-corrected chi connectivity index (χ4v) is 3.92. The van der Waals surface area contributed by atoms with E-state index in [2.05, 4.69) is 26.8 Å². The summed E-state index contributed by atoms with van der Waals surface area (Å²) in [5.74, 6) is 0.815. The molecule has 0 aliphatic heterocycles. The van der Waals surface area contributed by atoms with Gasteiger partial charge in [-0.15, -0.1) is 0 Å². The van der Waals surface area contributed by atoms with Gasteiger partial charge in [-0.3, -0.25) is 4.79 Å². The Morgan fingerprint density at radius 1 is 1.00 bits per heavy atom. The summed E-state index contributed by atoms with van der Waals surface area (Å²) in [6.45, 7) is 10.3. The summed E-state index contributed by atoms with van der Waals surface area (Å²) in [5, 5.41) is 0.418. The number of rotatable bonds is 3. The molecule has 0 bridgehead atoms. The van der Waals surface area contributed by atoms with Crippen molar-refractivity contribution >= 4 is 28.6 Å². The van der Waals surface area contributed by atoms with E-state index in [0.717, 1.165) is 22.3 Å². The molecule has 0 heterocycles. The maximum Gasteiger partial charge on any atom is 0.197 e. The molecule has 0 fully saturated rings. The summed E-state index contributed by atoms with van der Waals surface area (Å²) in [6.07, 6.45) is 1.20. The molecule has 0 saturated carbocycles. The lowest BCUT2D eigenvalue weighted by atomic mass is 9.74. The number of carbonyl (C=O) groups is 1. The molecule has 0 saturated heterocycles. The Hall–Kier alpha value is -2.26. The van der Waals surface area contributed by atoms with Crippen LogP contribution in [0.15, 0.2) is 48.2 Å². The zero-order chi connectivity index (χ0) is 19.8. The Balaban J connectivity index is 2.07. The Bertz CT molecular complexity index is 951. The third-order valence-electron chi connectivity index (χ3n) is 4.96. The number of hydrogen-bond acceptors (Lipinski definition) is 3. The SMILES string of the molecule is Cc1cccc(C(=S)OC2=C(c3ccc(C)cc3C)C(=O)CC(C)(C)C2)c1. The van der Waals surface area contributed by atoms with Crippen LogP contribution in [-0.2, 0) is 9.53 Å². The number of thiocarbonyl (C=S) groups is 1. The smallest absolute Gasteiger partial charge is 0.197 e. The molecule has 3 heteroatoms. The molecule has 27 heavy (non-hydrogen) atoms. The second kappa shape index (κ2) is 7.40. The summed E-state index contributed by atoms with van der Waals surface area (Å²) in [5.41, 5.74) is 5.75. The molecule has 0 radical (unpaired) electrons. The van der Waals surface area contributed by atoms with Crippen molar-refractivity contribution in [2.75, 3.05) is 0 Å². The summed E-state index contributed by atoms with van der Waals surface area (Å²) >= 11 is 5.56. The largest absolute Gasteiger partial charge is 0.449 e. The van der Waals surface area contributed by atoms with Crippen LogP contribution in [0.1, 0.15) is 54.5 Å². The number of allylic oxidation sites excluding steroid dienone is 2. The second-order valence-corrected chi connectivity index (χ2v) is 8.69. The standard InChI is InChI=1S/C24H26O2S/c1-15-7-6-8-18(12-15)23(27)26-21-14-24(4,5)13-20(25)22(21)19-10-9-16(2)11-17(19)3/h6-12H,13-14H2,1-5H3. The first kappa shape index (κ1) is 19.5. The number of carbonyl (C=O) groups excluding carboxylic acids is 1. The van der Waals surface area contributed by atoms with Crippen molar-refractivity contribution in [2.45, 2.75) is 47.5 Å². The molecule has 3 rings (SSSR count). The van der Waals surface area contributed by atoms with Gasteiger partial charge in [0.1, 0.15) is 5.76 Å². The molecule has 0 N–H and O–H groups in total. The first-order valence-corrected chi connectivity index (χ1v) is 9.70. The number of hydrogen-bond donors (Lipinski definition) is 0. The highest BCUT2D eigenvalue weighted by atomic mass is 32.1. The van der Waals surface area contributed by atoms with Crippen molar-refractivity contribution in [1.29, 1.82) is 0 Å². The van der Waals surface area contributed by atoms with Crippen LogP contribution in [0.2, 0.25) is 0 Å². The van der Waals surface area contributed by atoms with E-state index in [0.29, 0.717) is 29.2 Å². The molecule has 0 amide bonds. The Kier molecular flexibility index (Phi) is 5.34. The Labute approximate surface area is 167 Å². The Morgan fingerprint density at radius 2 is 1.70 bits per heavy atom. The lowest BCUT2D eigenvalue weighted by Gasteiger charge is -2.32. The zero-order valence-corrected chi connectivity index (χ0v) is 17.5. The minimum atomic E-state index is -0.142. The first-order valence-electron chi connectivity index (χ1n) is 9.29. The minimum Gasteiger partial charge on any atom is -0.449 e. The van der Waals surface area contributed by atoms with Crippen molar-refractivity contribution in [3.05, 3.63) is 76.0 Å². The Morgan fingerprint density at radius 3 is 2.37 bits per heavy atom. The van der Waals surface area contributed by atoms with E-state index < -0.39 is 0 Å². The number of Topliss-reactive ketones (excluding diaryl/α,β-unsaturated/α-hetero) is 1. The van der Waals surface area contributed by atoms with Crippen molar-refractivity contribution in [3.63, 3.8) is 0 Å². The van der Waals surface area contributed by atoms with Crippen LogP contribution in [0.4, 0.5) is 0 Å². The van der Waals surface area contributed by atoms with E-state index in [9.17, 15) is 4.79 Å². The van der Waals surface area contributed by atoms with Crippen LogP contribution in [0.25, 0.3) is 5.57 Å². The third kappa shape index (κ3) is 4.36. The molecule has 0 aromatic heterocycles. The molecule has 1 aliphatic carbocycles. The lowest BCUT2D eigenvalue weighted by molar-refractivity contribution is -0.116. The van der Waals surface area contributed by atoms with Gasteiger partial charge in [-0.25, -0.2) is 0 Å². The fraction of sp³-hybridized carbons (Fsp3) is 0.333. The minimum absolute atomic E-state index is 0.125. The van der Waals surface area contributed by atoms with Crippen molar-refractivity contribution in [1.82, 2.24) is 0 Å². The first-order chi connectivity index (χ1) is 12.7. The van der Waals surface area contributed by atoms with E-state index in [1.165, 1.54) is 5.56 Å². The quantitative estimate of drug-likeness (QED) is 0.603. The molecule has 0 atom stereocenters. The van der Waals surface area contributed by atoms with E-state index >= 15 is 0 Å². The summed E-state index contributed by atoms with van der Waals surface area (Å²) in [7, 11) is 0. The molecular weight excluding hydrogens is 352 g/mol. The predicted molar refractivity (Wildman–Crippen MR) is 115 cm³/mol. The van der Waals surface area contributed by atoms with E-state index in [4.69, 9.17) is 17.0 Å². The monoisotopic (exact) mass is 378 g/mol. The maximum atomic E-state index is 13.0. The normalized spacial score (nSPS) is 16.4. The average molecular weight is 379 g/mol. The van der Waals surface area contributed by atoms with Crippen molar-refractivity contribution in [2.24, 2.45) is 5.41 Å². The molecule has 2 aromatic carbocycles. The highest BCUT2D eigenvalue weighted by Crippen LogP contribution is 2.42. The van der Waals surface area contributed by atoms with Gasteiger partial charge in [-0.2, -0.15) is 0 Å². The molecule has 2 nitrogen and oxygen atoms in total. The van der Waals surface area contributed by atoms with Gasteiger partial charge in [-0.1, -0.05) is 61.4 Å². The van der Waals surface area contributed by atoms with Gasteiger partial charge in [0, 0.05) is 18.4 Å². The number of ketones is 1. The zero-order valence-electron chi connectivity index (χ0n) is 16.7. The van der Waals surface area contributed by atoms with Crippen LogP contribution in [0.3, 0.4) is 0 Å². The van der Waals surface area contributed by atoms with Crippen LogP contribution in [-0.4, -0.2) is 10.8 Å². The topological polar surface area (TPSA) is 26.3 Å². The molecule has 0 spiro atoms. The molecule has 140 valence electrons. The third-order valence-corrected chi connectivity index (χ3v) is 5.28. The van der Waals surface area contributed by atoms with Gasteiger partial charge in [0.2, 0.25) is 0 Å². The van der Waals surface area contributed by atoms with Gasteiger partial charge in [0.15, 0.2) is 10.8 Å². The van der Waals surface area contributed by atoms with Gasteiger partial charge in [0.05, 0.1) is 5.57 Å². The fourth-order valence-electron chi connectivity index (χ4n) is 3.69. The number of ether oxygens (including phenoxy) is 1. The van der Waals surface area contributed by atoms with Gasteiger partial charge >= 0.3 is 0 Å². The van der Waals surface area contributed by atoms with Crippen LogP contribution < -0.4 is 0 Å². The van der Waals surface area contributed by atoms with Gasteiger partial charge in [0.25, 0.3) is 0 Å². The number of aryl methyl sites for hydroxylation is 3. The van der Waals surface area contributed by atoms with Crippen LogP contribution >= 0.6 is 12.2 Å². The maximum absolute atomic E-state index is 13.0. The van der Waals surface area contributed by atoms with E-state index in [-0.39, 0.29) is 11.2 Å². The van der Waals surface area contributed by atoms with E-state index in [1.54, 1.807) is 0 Å². The van der Waals surface area contributed by atoms with Crippen LogP contribution in [0, 0.1) is 26.2 Å². The van der Waals surface area contributed by atoms with Gasteiger partial charge in [-0.05, 0) is 55.6 Å².